The van der Waals surface area contributed by atoms with Crippen molar-refractivity contribution in [2.45, 2.75) is 37.1 Å². The van der Waals surface area contributed by atoms with Gasteiger partial charge < -0.3 is 15.2 Å². The Balaban J connectivity index is 2.26. The van der Waals surface area contributed by atoms with E-state index in [9.17, 15) is 19.1 Å². The number of carboxylic acid groups (broad SMARTS) is 1. The van der Waals surface area contributed by atoms with Crippen molar-refractivity contribution in [3.05, 3.63) is 48.3 Å². The van der Waals surface area contributed by atoms with Gasteiger partial charge in [-0.2, -0.15) is 0 Å². The maximum atomic E-state index is 13.2. The fraction of sp³-hybridized carbons (Fsp3) is 0.444. The summed E-state index contributed by atoms with van der Waals surface area (Å²) in [5, 5.41) is 12.0. The molecule has 5 nitrogen and oxygen atoms in total. The second-order valence-electron chi connectivity index (χ2n) is 5.93. The van der Waals surface area contributed by atoms with Gasteiger partial charge in [-0.25, -0.2) is 9.18 Å². The summed E-state index contributed by atoms with van der Waals surface area (Å²) in [5.41, 5.74) is -0.217. The van der Waals surface area contributed by atoms with Crippen molar-refractivity contribution in [3.8, 4) is 0 Å². The quantitative estimate of drug-likeness (QED) is 0.750. The third-order valence-electron chi connectivity index (χ3n) is 4.44. The third-order valence-corrected chi connectivity index (χ3v) is 4.44. The van der Waals surface area contributed by atoms with Crippen LogP contribution in [0, 0.1) is 5.82 Å². The van der Waals surface area contributed by atoms with Gasteiger partial charge in [0.2, 0.25) is 5.91 Å². The van der Waals surface area contributed by atoms with Crippen molar-refractivity contribution < 1.29 is 23.8 Å². The molecule has 1 aromatic carbocycles. The molecule has 0 bridgehead atoms. The first kappa shape index (κ1) is 18.1. The van der Waals surface area contributed by atoms with E-state index in [-0.39, 0.29) is 18.1 Å². The van der Waals surface area contributed by atoms with Crippen LogP contribution >= 0.6 is 0 Å². The van der Waals surface area contributed by atoms with E-state index < -0.39 is 17.4 Å². The Labute approximate surface area is 140 Å². The van der Waals surface area contributed by atoms with Gasteiger partial charge in [-0.05, 0) is 43.4 Å². The molecule has 1 atom stereocenters. The number of aliphatic carboxylic acids is 1. The maximum Gasteiger partial charge on any atom is 0.326 e. The van der Waals surface area contributed by atoms with Crippen LogP contribution in [0.2, 0.25) is 0 Å². The molecule has 2 N–H and O–H groups in total. The molecule has 24 heavy (non-hydrogen) atoms. The summed E-state index contributed by atoms with van der Waals surface area (Å²) in [7, 11) is 0. The zero-order valence-electron chi connectivity index (χ0n) is 13.5. The molecule has 130 valence electrons. The van der Waals surface area contributed by atoms with Crippen molar-refractivity contribution in [2.24, 2.45) is 0 Å². The summed E-state index contributed by atoms with van der Waals surface area (Å²) >= 11 is 0. The van der Waals surface area contributed by atoms with Crippen molar-refractivity contribution in [2.75, 3.05) is 13.2 Å². The van der Waals surface area contributed by atoms with Gasteiger partial charge in [-0.3, -0.25) is 4.79 Å². The van der Waals surface area contributed by atoms with Crippen LogP contribution in [0.1, 0.15) is 31.2 Å². The van der Waals surface area contributed by atoms with Crippen molar-refractivity contribution in [3.63, 3.8) is 0 Å². The van der Waals surface area contributed by atoms with E-state index in [1.807, 2.05) is 0 Å². The minimum Gasteiger partial charge on any atom is -0.480 e. The average molecular weight is 335 g/mol. The highest BCUT2D eigenvalue weighted by atomic mass is 19.1. The van der Waals surface area contributed by atoms with Crippen LogP contribution in [0.15, 0.2) is 36.9 Å². The summed E-state index contributed by atoms with van der Waals surface area (Å²) in [4.78, 5) is 24.3. The second-order valence-corrected chi connectivity index (χ2v) is 5.93. The van der Waals surface area contributed by atoms with Gasteiger partial charge >= 0.3 is 5.97 Å². The Kier molecular flexibility index (Phi) is 6.09. The maximum absolute atomic E-state index is 13.2. The topological polar surface area (TPSA) is 75.6 Å². The lowest BCUT2D eigenvalue weighted by Gasteiger charge is -2.37. The molecule has 0 aliphatic carbocycles. The summed E-state index contributed by atoms with van der Waals surface area (Å²) in [6, 6.07) is 4.81. The lowest BCUT2D eigenvalue weighted by Crippen LogP contribution is -2.52. The molecule has 1 saturated heterocycles. The minimum atomic E-state index is -1.08. The van der Waals surface area contributed by atoms with Gasteiger partial charge in [-0.1, -0.05) is 18.2 Å². The highest BCUT2D eigenvalue weighted by molar-refractivity contribution is 5.91. The normalized spacial score (nSPS) is 17.7. The molecule has 1 aliphatic heterocycles. The van der Waals surface area contributed by atoms with Crippen molar-refractivity contribution in [1.82, 2.24) is 5.32 Å². The molecule has 0 saturated carbocycles. The number of amides is 1. The predicted molar refractivity (Wildman–Crippen MR) is 87.1 cm³/mol. The number of rotatable bonds is 7. The van der Waals surface area contributed by atoms with Crippen LogP contribution in [0.5, 0.6) is 0 Å². The highest BCUT2D eigenvalue weighted by Gasteiger charge is 2.42. The SMILES string of the molecule is C=CCCC(NC(=O)C1(c2ccc(F)cc2)CCOCC1)C(=O)O. The number of benzene rings is 1. The van der Waals surface area contributed by atoms with Gasteiger partial charge in [-0.15, -0.1) is 6.58 Å². The monoisotopic (exact) mass is 335 g/mol. The zero-order valence-corrected chi connectivity index (χ0v) is 13.5. The van der Waals surface area contributed by atoms with Gasteiger partial charge in [0.25, 0.3) is 0 Å². The lowest BCUT2D eigenvalue weighted by atomic mass is 9.73. The summed E-state index contributed by atoms with van der Waals surface area (Å²) < 4.78 is 18.6. The molecule has 1 aromatic rings. The molecule has 0 radical (unpaired) electrons. The van der Waals surface area contributed by atoms with Gasteiger partial charge in [0, 0.05) is 13.2 Å². The minimum absolute atomic E-state index is 0.278. The molecule has 1 unspecified atom stereocenters. The number of carbonyl (C=O) groups excluding carboxylic acids is 1. The first-order chi connectivity index (χ1) is 11.5. The van der Waals surface area contributed by atoms with E-state index in [4.69, 9.17) is 4.74 Å². The molecule has 1 aliphatic rings. The average Bonchev–Trinajstić information content (AvgIpc) is 2.59. The van der Waals surface area contributed by atoms with E-state index in [1.54, 1.807) is 18.2 Å². The van der Waals surface area contributed by atoms with Gasteiger partial charge in [0.15, 0.2) is 0 Å². The fourth-order valence-corrected chi connectivity index (χ4v) is 2.97. The Morgan fingerprint density at radius 3 is 2.50 bits per heavy atom. The van der Waals surface area contributed by atoms with E-state index >= 15 is 0 Å². The molecule has 0 aromatic heterocycles. The Bertz CT molecular complexity index is 594. The number of ether oxygens (including phenoxy) is 1. The van der Waals surface area contributed by atoms with Crippen LogP contribution in [0.3, 0.4) is 0 Å². The Hall–Kier alpha value is -2.21. The van der Waals surface area contributed by atoms with E-state index in [0.717, 1.165) is 0 Å². The van der Waals surface area contributed by atoms with Crippen LogP contribution in [-0.2, 0) is 19.7 Å². The summed E-state index contributed by atoms with van der Waals surface area (Å²) in [6.07, 6.45) is 3.24. The number of carbonyl (C=O) groups is 2. The van der Waals surface area contributed by atoms with Crippen LogP contribution in [0.4, 0.5) is 4.39 Å². The molecule has 6 heteroatoms. The molecule has 0 spiro atoms. The number of hydrogen-bond donors (Lipinski definition) is 2. The number of allylic oxidation sites excluding steroid dienone is 1. The van der Waals surface area contributed by atoms with Crippen LogP contribution in [-0.4, -0.2) is 36.2 Å². The molecule has 1 fully saturated rings. The fourth-order valence-electron chi connectivity index (χ4n) is 2.97. The van der Waals surface area contributed by atoms with Crippen LogP contribution in [0.25, 0.3) is 0 Å². The van der Waals surface area contributed by atoms with Crippen molar-refractivity contribution in [1.29, 1.82) is 0 Å². The Morgan fingerprint density at radius 2 is 1.96 bits per heavy atom. The second kappa shape index (κ2) is 8.06. The first-order valence-electron chi connectivity index (χ1n) is 7.98. The smallest absolute Gasteiger partial charge is 0.326 e. The van der Waals surface area contributed by atoms with Crippen LogP contribution < -0.4 is 5.32 Å². The summed E-state index contributed by atoms with van der Waals surface area (Å²) in [5.74, 6) is -1.81. The lowest BCUT2D eigenvalue weighted by molar-refractivity contribution is -0.143. The molecule has 1 heterocycles. The molecule has 2 rings (SSSR count). The van der Waals surface area contributed by atoms with Gasteiger partial charge in [0.1, 0.15) is 11.9 Å². The first-order valence-corrected chi connectivity index (χ1v) is 7.98. The standard InChI is InChI=1S/C18H22FNO4/c1-2-3-4-15(16(21)22)20-17(23)18(9-11-24-12-10-18)13-5-7-14(19)8-6-13/h2,5-8,15H,1,3-4,9-12H2,(H,20,23)(H,21,22). The van der Waals surface area contributed by atoms with Crippen molar-refractivity contribution >= 4 is 11.9 Å². The van der Waals surface area contributed by atoms with E-state index in [0.29, 0.717) is 38.0 Å². The number of nitrogens with one attached hydrogen (secondary N) is 1. The van der Waals surface area contributed by atoms with Gasteiger partial charge in [0.05, 0.1) is 5.41 Å². The summed E-state index contributed by atoms with van der Waals surface area (Å²) in [6.45, 7) is 4.37. The molecule has 1 amide bonds. The predicted octanol–water partition coefficient (Wildman–Crippen LogP) is 2.41. The number of halogens is 1. The van der Waals surface area contributed by atoms with E-state index in [1.165, 1.54) is 12.1 Å². The molecular formula is C18H22FNO4. The number of hydrogen-bond acceptors (Lipinski definition) is 3. The number of carboxylic acids is 1. The Morgan fingerprint density at radius 1 is 1.33 bits per heavy atom. The molecular weight excluding hydrogens is 313 g/mol. The largest absolute Gasteiger partial charge is 0.480 e. The highest BCUT2D eigenvalue weighted by Crippen LogP contribution is 2.35. The zero-order chi connectivity index (χ0) is 17.6. The van der Waals surface area contributed by atoms with E-state index in [2.05, 4.69) is 11.9 Å². The third kappa shape index (κ3) is 4.00.